The van der Waals surface area contributed by atoms with E-state index in [-0.39, 0.29) is 0 Å². The number of anilines is 1. The Bertz CT molecular complexity index is 486. The largest absolute Gasteiger partial charge is 0.497 e. The number of hydrogen-bond acceptors (Lipinski definition) is 4. The number of rotatable bonds is 4. The summed E-state index contributed by atoms with van der Waals surface area (Å²) in [5.74, 6) is -2.33. The van der Waals surface area contributed by atoms with Crippen molar-refractivity contribution in [1.29, 1.82) is 0 Å². The molecule has 1 amide bonds. The van der Waals surface area contributed by atoms with Crippen LogP contribution in [-0.2, 0) is 4.79 Å². The number of methoxy groups -OCH3 is 2. The molecule has 1 saturated heterocycles. The zero-order valence-corrected chi connectivity index (χ0v) is 11.2. The molecule has 2 N–H and O–H groups in total. The zero-order valence-electron chi connectivity index (χ0n) is 11.2. The molecule has 1 heterocycles. The fourth-order valence-electron chi connectivity index (χ4n) is 2.01. The minimum Gasteiger partial charge on any atom is -0.497 e. The fraction of sp³-hybridized carbons (Fsp3) is 0.462. The van der Waals surface area contributed by atoms with Gasteiger partial charge >= 0.3 is 0 Å². The van der Waals surface area contributed by atoms with Gasteiger partial charge in [0, 0.05) is 30.3 Å². The number of amides is 1. The van der Waals surface area contributed by atoms with Crippen LogP contribution in [0.25, 0.3) is 0 Å². The number of nitrogens with one attached hydrogen (secondary N) is 2. The van der Waals surface area contributed by atoms with Crippen molar-refractivity contribution in [3.8, 4) is 11.5 Å². The van der Waals surface area contributed by atoms with Crippen LogP contribution in [-0.4, -0.2) is 38.6 Å². The second kappa shape index (κ2) is 5.62. The van der Waals surface area contributed by atoms with Gasteiger partial charge in [0.15, 0.2) is 0 Å². The molecule has 1 aromatic rings. The highest BCUT2D eigenvalue weighted by Gasteiger charge is 2.42. The average molecular weight is 286 g/mol. The molecule has 1 aromatic carbocycles. The van der Waals surface area contributed by atoms with E-state index < -0.39 is 30.8 Å². The van der Waals surface area contributed by atoms with E-state index in [0.717, 1.165) is 0 Å². The van der Waals surface area contributed by atoms with Crippen LogP contribution >= 0.6 is 0 Å². The molecule has 0 radical (unpaired) electrons. The first kappa shape index (κ1) is 14.5. The maximum absolute atomic E-state index is 13.0. The summed E-state index contributed by atoms with van der Waals surface area (Å²) in [6.45, 7) is -0.480. The molecule has 1 fully saturated rings. The second-order valence-corrected chi connectivity index (χ2v) is 4.58. The van der Waals surface area contributed by atoms with E-state index in [1.165, 1.54) is 14.2 Å². The quantitative estimate of drug-likeness (QED) is 0.883. The van der Waals surface area contributed by atoms with E-state index in [2.05, 4.69) is 10.6 Å². The lowest BCUT2D eigenvalue weighted by Gasteiger charge is -2.13. The first-order valence-corrected chi connectivity index (χ1v) is 6.09. The maximum atomic E-state index is 13.0. The summed E-state index contributed by atoms with van der Waals surface area (Å²) in [4.78, 5) is 11.9. The monoisotopic (exact) mass is 286 g/mol. The number of halogens is 2. The topological polar surface area (TPSA) is 59.6 Å². The summed E-state index contributed by atoms with van der Waals surface area (Å²) in [5, 5.41) is 5.08. The van der Waals surface area contributed by atoms with Crippen molar-refractivity contribution in [2.24, 2.45) is 0 Å². The fourth-order valence-corrected chi connectivity index (χ4v) is 2.01. The lowest BCUT2D eigenvalue weighted by Crippen LogP contribution is -2.35. The second-order valence-electron chi connectivity index (χ2n) is 4.58. The normalized spacial score (nSPS) is 20.5. The van der Waals surface area contributed by atoms with Crippen molar-refractivity contribution >= 4 is 11.6 Å². The van der Waals surface area contributed by atoms with E-state index in [1.54, 1.807) is 18.2 Å². The summed E-state index contributed by atoms with van der Waals surface area (Å²) in [6, 6.07) is 3.93. The Kier molecular flexibility index (Phi) is 4.08. The molecular formula is C13H16F2N2O3. The highest BCUT2D eigenvalue weighted by atomic mass is 19.3. The first-order valence-electron chi connectivity index (χ1n) is 6.09. The van der Waals surface area contributed by atoms with Gasteiger partial charge in [-0.3, -0.25) is 10.1 Å². The van der Waals surface area contributed by atoms with Gasteiger partial charge in [0.2, 0.25) is 5.91 Å². The van der Waals surface area contributed by atoms with Gasteiger partial charge < -0.3 is 14.8 Å². The summed E-state index contributed by atoms with van der Waals surface area (Å²) in [6.07, 6.45) is -0.500. The van der Waals surface area contributed by atoms with Crippen molar-refractivity contribution in [2.45, 2.75) is 18.4 Å². The number of ether oxygens (including phenoxy) is 2. The Morgan fingerprint density at radius 1 is 1.30 bits per heavy atom. The summed E-state index contributed by atoms with van der Waals surface area (Å²) >= 11 is 0. The predicted molar refractivity (Wildman–Crippen MR) is 69.5 cm³/mol. The van der Waals surface area contributed by atoms with Crippen LogP contribution in [0, 0.1) is 0 Å². The summed E-state index contributed by atoms with van der Waals surface area (Å²) < 4.78 is 36.2. The highest BCUT2D eigenvalue weighted by Crippen LogP contribution is 2.28. The smallest absolute Gasteiger partial charge is 0.262 e. The van der Waals surface area contributed by atoms with Gasteiger partial charge in [-0.2, -0.15) is 0 Å². The number of carbonyl (C=O) groups excluding carboxylic acids is 1. The van der Waals surface area contributed by atoms with Crippen LogP contribution in [0.4, 0.5) is 14.5 Å². The van der Waals surface area contributed by atoms with Crippen LogP contribution in [0.1, 0.15) is 6.42 Å². The van der Waals surface area contributed by atoms with Crippen LogP contribution in [0.2, 0.25) is 0 Å². The van der Waals surface area contributed by atoms with Crippen LogP contribution in [0.3, 0.4) is 0 Å². The van der Waals surface area contributed by atoms with Crippen LogP contribution in [0.15, 0.2) is 18.2 Å². The Hall–Kier alpha value is -1.89. The van der Waals surface area contributed by atoms with Crippen molar-refractivity contribution in [3.63, 3.8) is 0 Å². The molecule has 20 heavy (non-hydrogen) atoms. The van der Waals surface area contributed by atoms with E-state index in [9.17, 15) is 13.6 Å². The first-order chi connectivity index (χ1) is 9.43. The van der Waals surface area contributed by atoms with Gasteiger partial charge in [0.05, 0.1) is 26.8 Å². The van der Waals surface area contributed by atoms with Gasteiger partial charge in [0.1, 0.15) is 11.5 Å². The Morgan fingerprint density at radius 2 is 1.90 bits per heavy atom. The Balaban J connectivity index is 2.08. The third-order valence-corrected chi connectivity index (χ3v) is 3.05. The highest BCUT2D eigenvalue weighted by molar-refractivity contribution is 5.95. The Labute approximate surface area is 115 Å². The molecule has 2 rings (SSSR count). The molecule has 1 atom stereocenters. The number of hydrogen-bond donors (Lipinski definition) is 2. The molecule has 0 aliphatic carbocycles. The van der Waals surface area contributed by atoms with E-state index >= 15 is 0 Å². The average Bonchev–Trinajstić information content (AvgIpc) is 2.78. The van der Waals surface area contributed by atoms with Gasteiger partial charge in [0.25, 0.3) is 5.92 Å². The summed E-state index contributed by atoms with van der Waals surface area (Å²) in [5.41, 5.74) is 0.434. The van der Waals surface area contributed by atoms with Crippen molar-refractivity contribution in [1.82, 2.24) is 5.32 Å². The van der Waals surface area contributed by atoms with E-state index in [4.69, 9.17) is 9.47 Å². The van der Waals surface area contributed by atoms with Gasteiger partial charge in [-0.1, -0.05) is 0 Å². The third kappa shape index (κ3) is 3.36. The van der Waals surface area contributed by atoms with Crippen LogP contribution < -0.4 is 20.1 Å². The molecule has 1 aliphatic heterocycles. The minimum absolute atomic E-state index is 0.434. The molecule has 0 spiro atoms. The van der Waals surface area contributed by atoms with Crippen molar-refractivity contribution in [3.05, 3.63) is 18.2 Å². The molecule has 5 nitrogen and oxygen atoms in total. The molecule has 110 valence electrons. The molecule has 1 aliphatic rings. The van der Waals surface area contributed by atoms with Gasteiger partial charge in [-0.15, -0.1) is 0 Å². The van der Waals surface area contributed by atoms with Crippen molar-refractivity contribution < 1.29 is 23.0 Å². The van der Waals surface area contributed by atoms with E-state index in [0.29, 0.717) is 17.2 Å². The zero-order chi connectivity index (χ0) is 14.8. The van der Waals surface area contributed by atoms with Gasteiger partial charge in [-0.25, -0.2) is 8.78 Å². The number of carbonyl (C=O) groups is 1. The van der Waals surface area contributed by atoms with Gasteiger partial charge in [-0.05, 0) is 0 Å². The predicted octanol–water partition coefficient (Wildman–Crippen LogP) is 1.64. The molecule has 0 aromatic heterocycles. The summed E-state index contributed by atoms with van der Waals surface area (Å²) in [7, 11) is 2.97. The molecular weight excluding hydrogens is 270 g/mol. The molecule has 7 heteroatoms. The maximum Gasteiger partial charge on any atom is 0.262 e. The number of alkyl halides is 2. The lowest BCUT2D eigenvalue weighted by molar-refractivity contribution is -0.118. The number of benzene rings is 1. The van der Waals surface area contributed by atoms with Crippen molar-refractivity contribution in [2.75, 3.05) is 26.1 Å². The SMILES string of the molecule is COc1cc(NC(=O)C2CC(F)(F)CN2)cc(OC)c1. The van der Waals surface area contributed by atoms with Crippen LogP contribution in [0.5, 0.6) is 11.5 Å². The molecule has 0 bridgehead atoms. The minimum atomic E-state index is -2.84. The molecule has 0 saturated carbocycles. The lowest BCUT2D eigenvalue weighted by atomic mass is 10.1. The standard InChI is InChI=1S/C13H16F2N2O3/c1-19-9-3-8(4-10(5-9)20-2)17-12(18)11-6-13(14,15)7-16-11/h3-5,11,16H,6-7H2,1-2H3,(H,17,18). The Morgan fingerprint density at radius 3 is 2.35 bits per heavy atom. The third-order valence-electron chi connectivity index (χ3n) is 3.05. The molecule has 1 unspecified atom stereocenters. The van der Waals surface area contributed by atoms with E-state index in [1.807, 2.05) is 0 Å².